The van der Waals surface area contributed by atoms with E-state index in [1.165, 1.54) is 0 Å². The van der Waals surface area contributed by atoms with Crippen molar-refractivity contribution in [3.05, 3.63) is 30.3 Å². The summed E-state index contributed by atoms with van der Waals surface area (Å²) in [6, 6.07) is 9.69. The number of nitrogens with one attached hydrogen (secondary N) is 1. The van der Waals surface area contributed by atoms with Crippen LogP contribution in [0.25, 0.3) is 0 Å². The number of anilines is 1. The number of hydrogen-bond donors (Lipinski definition) is 1. The van der Waals surface area contributed by atoms with Gasteiger partial charge in [0, 0.05) is 38.4 Å². The number of carbonyl (C=O) groups is 1. The van der Waals surface area contributed by atoms with E-state index in [2.05, 4.69) is 24.1 Å². The highest BCUT2D eigenvalue weighted by atomic mass is 16.5. The van der Waals surface area contributed by atoms with E-state index in [0.717, 1.165) is 51.3 Å². The lowest BCUT2D eigenvalue weighted by atomic mass is 9.96. The van der Waals surface area contributed by atoms with E-state index in [4.69, 9.17) is 4.74 Å². The van der Waals surface area contributed by atoms with Crippen LogP contribution >= 0.6 is 0 Å². The van der Waals surface area contributed by atoms with Crippen LogP contribution in [0.1, 0.15) is 26.7 Å². The fourth-order valence-corrected chi connectivity index (χ4v) is 3.84. The maximum absolute atomic E-state index is 12.3. The lowest BCUT2D eigenvalue weighted by molar-refractivity contribution is -0.0728. The third-order valence-corrected chi connectivity index (χ3v) is 4.94. The van der Waals surface area contributed by atoms with Crippen molar-refractivity contribution in [1.82, 2.24) is 9.80 Å². The van der Waals surface area contributed by atoms with Crippen molar-refractivity contribution < 1.29 is 9.53 Å². The first-order chi connectivity index (χ1) is 11.6. The zero-order valence-corrected chi connectivity index (χ0v) is 14.8. The summed E-state index contributed by atoms with van der Waals surface area (Å²) in [6.45, 7) is 9.18. The molecule has 0 aliphatic carbocycles. The number of amides is 2. The average Bonchev–Trinajstić information content (AvgIpc) is 2.55. The molecular weight excluding hydrogens is 302 g/mol. The Bertz CT molecular complexity index is 519. The standard InChI is InChI=1S/C19H29N3O2/c1-15-12-21(13-16(2)24-15)14-17-8-10-22(11-9-17)19(23)20-18-6-4-3-5-7-18/h3-7,15-17H,8-14H2,1-2H3,(H,20,23)/t15-,16+. The van der Waals surface area contributed by atoms with Crippen LogP contribution in [-0.2, 0) is 4.74 Å². The molecule has 1 N–H and O–H groups in total. The van der Waals surface area contributed by atoms with Gasteiger partial charge in [0.25, 0.3) is 0 Å². The van der Waals surface area contributed by atoms with Crippen LogP contribution in [0, 0.1) is 5.92 Å². The molecule has 3 rings (SSSR count). The lowest BCUT2D eigenvalue weighted by Gasteiger charge is -2.39. The first-order valence-electron chi connectivity index (χ1n) is 9.09. The number of piperidine rings is 1. The molecule has 5 heteroatoms. The predicted octanol–water partition coefficient (Wildman–Crippen LogP) is 3.04. The van der Waals surface area contributed by atoms with Crippen molar-refractivity contribution in [3.63, 3.8) is 0 Å². The quantitative estimate of drug-likeness (QED) is 0.926. The summed E-state index contributed by atoms with van der Waals surface area (Å²) in [7, 11) is 0. The Balaban J connectivity index is 1.43. The minimum absolute atomic E-state index is 0.0215. The number of rotatable bonds is 3. The van der Waals surface area contributed by atoms with Crippen LogP contribution in [0.5, 0.6) is 0 Å². The van der Waals surface area contributed by atoms with Gasteiger partial charge >= 0.3 is 6.03 Å². The molecule has 1 aromatic carbocycles. The van der Waals surface area contributed by atoms with E-state index < -0.39 is 0 Å². The molecule has 2 fully saturated rings. The molecule has 0 saturated carbocycles. The zero-order valence-electron chi connectivity index (χ0n) is 14.8. The number of carbonyl (C=O) groups excluding carboxylic acids is 1. The van der Waals surface area contributed by atoms with E-state index in [1.807, 2.05) is 35.2 Å². The first-order valence-corrected chi connectivity index (χ1v) is 9.09. The molecule has 132 valence electrons. The highest BCUT2D eigenvalue weighted by Crippen LogP contribution is 2.21. The van der Waals surface area contributed by atoms with Crippen molar-refractivity contribution in [2.24, 2.45) is 5.92 Å². The van der Waals surface area contributed by atoms with Gasteiger partial charge < -0.3 is 15.0 Å². The second kappa shape index (κ2) is 7.99. The van der Waals surface area contributed by atoms with E-state index in [-0.39, 0.29) is 6.03 Å². The summed E-state index contributed by atoms with van der Waals surface area (Å²) in [5.74, 6) is 0.684. The SMILES string of the molecule is C[C@@H]1CN(CC2CCN(C(=O)Nc3ccccc3)CC2)C[C@H](C)O1. The van der Waals surface area contributed by atoms with Gasteiger partial charge in [0.2, 0.25) is 0 Å². The van der Waals surface area contributed by atoms with Crippen molar-refractivity contribution >= 4 is 11.7 Å². The molecular formula is C19H29N3O2. The number of urea groups is 1. The molecule has 5 nitrogen and oxygen atoms in total. The third-order valence-electron chi connectivity index (χ3n) is 4.94. The van der Waals surface area contributed by atoms with E-state index in [9.17, 15) is 4.79 Å². The largest absolute Gasteiger partial charge is 0.373 e. The molecule has 0 spiro atoms. The van der Waals surface area contributed by atoms with Gasteiger partial charge in [0.1, 0.15) is 0 Å². The van der Waals surface area contributed by atoms with Gasteiger partial charge in [-0.15, -0.1) is 0 Å². The minimum atomic E-state index is 0.0215. The zero-order chi connectivity index (χ0) is 16.9. The summed E-state index contributed by atoms with van der Waals surface area (Å²) in [6.07, 6.45) is 2.82. The fraction of sp³-hybridized carbons (Fsp3) is 0.632. The molecule has 0 radical (unpaired) electrons. The van der Waals surface area contributed by atoms with E-state index >= 15 is 0 Å². The number of para-hydroxylation sites is 1. The summed E-state index contributed by atoms with van der Waals surface area (Å²) in [5, 5.41) is 2.98. The van der Waals surface area contributed by atoms with Crippen molar-refractivity contribution in [3.8, 4) is 0 Å². The number of hydrogen-bond acceptors (Lipinski definition) is 3. The van der Waals surface area contributed by atoms with Crippen molar-refractivity contribution in [2.75, 3.05) is 38.0 Å². The summed E-state index contributed by atoms with van der Waals surface area (Å²) in [4.78, 5) is 16.8. The van der Waals surface area contributed by atoms with Gasteiger partial charge in [0.15, 0.2) is 0 Å². The van der Waals surface area contributed by atoms with Crippen molar-refractivity contribution in [2.45, 2.75) is 38.9 Å². The first kappa shape index (κ1) is 17.2. The topological polar surface area (TPSA) is 44.8 Å². The number of ether oxygens (including phenoxy) is 1. The lowest BCUT2D eigenvalue weighted by Crippen LogP contribution is -2.49. The van der Waals surface area contributed by atoms with Crippen LogP contribution in [0.4, 0.5) is 10.5 Å². The minimum Gasteiger partial charge on any atom is -0.373 e. The van der Waals surface area contributed by atoms with E-state index in [0.29, 0.717) is 18.1 Å². The number of benzene rings is 1. The number of nitrogens with zero attached hydrogens (tertiary/aromatic N) is 2. The summed E-state index contributed by atoms with van der Waals surface area (Å²) < 4.78 is 5.81. The number of morpholine rings is 1. The maximum atomic E-state index is 12.3. The van der Waals surface area contributed by atoms with Gasteiger partial charge in [0.05, 0.1) is 12.2 Å². The molecule has 1 aromatic rings. The number of likely N-dealkylation sites (tertiary alicyclic amines) is 1. The summed E-state index contributed by atoms with van der Waals surface area (Å²) >= 11 is 0. The molecule has 0 bridgehead atoms. The Labute approximate surface area is 145 Å². The highest BCUT2D eigenvalue weighted by molar-refractivity contribution is 5.89. The van der Waals surface area contributed by atoms with Crippen LogP contribution in [-0.4, -0.2) is 60.8 Å². The Kier molecular flexibility index (Phi) is 5.74. The van der Waals surface area contributed by atoms with Crippen LogP contribution in [0.2, 0.25) is 0 Å². The third kappa shape index (κ3) is 4.71. The van der Waals surface area contributed by atoms with Gasteiger partial charge in [-0.25, -0.2) is 4.79 Å². The Morgan fingerprint density at radius 2 is 1.75 bits per heavy atom. The second-order valence-corrected chi connectivity index (χ2v) is 7.20. The monoisotopic (exact) mass is 331 g/mol. The fourth-order valence-electron chi connectivity index (χ4n) is 3.84. The molecule has 2 heterocycles. The van der Waals surface area contributed by atoms with Crippen LogP contribution in [0.3, 0.4) is 0 Å². The second-order valence-electron chi connectivity index (χ2n) is 7.20. The Hall–Kier alpha value is -1.59. The average molecular weight is 331 g/mol. The molecule has 2 atom stereocenters. The smallest absolute Gasteiger partial charge is 0.321 e. The van der Waals surface area contributed by atoms with Crippen LogP contribution in [0.15, 0.2) is 30.3 Å². The summed E-state index contributed by atoms with van der Waals surface area (Å²) in [5.41, 5.74) is 0.862. The maximum Gasteiger partial charge on any atom is 0.321 e. The molecule has 0 aromatic heterocycles. The predicted molar refractivity (Wildman–Crippen MR) is 96.2 cm³/mol. The van der Waals surface area contributed by atoms with Gasteiger partial charge in [-0.2, -0.15) is 0 Å². The normalized spacial score (nSPS) is 26.3. The van der Waals surface area contributed by atoms with Gasteiger partial charge in [-0.1, -0.05) is 18.2 Å². The van der Waals surface area contributed by atoms with E-state index in [1.54, 1.807) is 0 Å². The molecule has 0 unspecified atom stereocenters. The molecule has 2 aliphatic rings. The van der Waals surface area contributed by atoms with Gasteiger partial charge in [-0.3, -0.25) is 4.90 Å². The van der Waals surface area contributed by atoms with Crippen molar-refractivity contribution in [1.29, 1.82) is 0 Å². The van der Waals surface area contributed by atoms with Crippen LogP contribution < -0.4 is 5.32 Å². The Morgan fingerprint density at radius 1 is 1.12 bits per heavy atom. The molecule has 2 amide bonds. The highest BCUT2D eigenvalue weighted by Gasteiger charge is 2.27. The Morgan fingerprint density at radius 3 is 2.38 bits per heavy atom. The molecule has 2 saturated heterocycles. The van der Waals surface area contributed by atoms with Gasteiger partial charge in [-0.05, 0) is 44.7 Å². The molecule has 2 aliphatic heterocycles. The molecule has 24 heavy (non-hydrogen) atoms.